The van der Waals surface area contributed by atoms with Crippen LogP contribution in [0.5, 0.6) is 0 Å². The Morgan fingerprint density at radius 3 is 3.25 bits per heavy atom. The molecule has 88 valence electrons. The van der Waals surface area contributed by atoms with E-state index in [9.17, 15) is 4.79 Å². The van der Waals surface area contributed by atoms with Crippen molar-refractivity contribution in [2.75, 3.05) is 13.1 Å². The van der Waals surface area contributed by atoms with Gasteiger partial charge in [0.1, 0.15) is 5.76 Å². The SMILES string of the molecule is CCCNC(=O)N1CCC[C@@H]1c1ccco1. The Morgan fingerprint density at radius 2 is 2.56 bits per heavy atom. The monoisotopic (exact) mass is 222 g/mol. The largest absolute Gasteiger partial charge is 0.467 e. The number of furan rings is 1. The van der Waals surface area contributed by atoms with Crippen molar-refractivity contribution < 1.29 is 9.21 Å². The maximum atomic E-state index is 11.9. The predicted molar refractivity (Wildman–Crippen MR) is 61.1 cm³/mol. The van der Waals surface area contributed by atoms with Gasteiger partial charge in [-0.1, -0.05) is 6.92 Å². The molecule has 0 spiro atoms. The summed E-state index contributed by atoms with van der Waals surface area (Å²) < 4.78 is 5.38. The Morgan fingerprint density at radius 1 is 1.69 bits per heavy atom. The van der Waals surface area contributed by atoms with Gasteiger partial charge in [0.25, 0.3) is 0 Å². The lowest BCUT2D eigenvalue weighted by Crippen LogP contribution is -2.39. The maximum Gasteiger partial charge on any atom is 0.318 e. The number of nitrogens with one attached hydrogen (secondary N) is 1. The molecule has 0 bridgehead atoms. The van der Waals surface area contributed by atoms with Crippen LogP contribution >= 0.6 is 0 Å². The number of carbonyl (C=O) groups excluding carboxylic acids is 1. The molecule has 1 aromatic rings. The van der Waals surface area contributed by atoms with Crippen LogP contribution in [-0.2, 0) is 0 Å². The molecule has 0 aliphatic carbocycles. The minimum atomic E-state index is 0.0285. The van der Waals surface area contributed by atoms with Crippen molar-refractivity contribution in [2.24, 2.45) is 0 Å². The van der Waals surface area contributed by atoms with E-state index in [1.54, 1.807) is 6.26 Å². The zero-order valence-electron chi connectivity index (χ0n) is 9.61. The Labute approximate surface area is 95.6 Å². The molecule has 2 amide bonds. The van der Waals surface area contributed by atoms with Crippen LogP contribution in [-0.4, -0.2) is 24.0 Å². The molecular formula is C12H18N2O2. The highest BCUT2D eigenvalue weighted by molar-refractivity contribution is 5.74. The van der Waals surface area contributed by atoms with Crippen molar-refractivity contribution >= 4 is 6.03 Å². The summed E-state index contributed by atoms with van der Waals surface area (Å²) in [6.07, 6.45) is 4.67. The van der Waals surface area contributed by atoms with Crippen LogP contribution < -0.4 is 5.32 Å². The molecule has 0 radical (unpaired) electrons. The van der Waals surface area contributed by atoms with Gasteiger partial charge in [0, 0.05) is 13.1 Å². The van der Waals surface area contributed by atoms with Gasteiger partial charge in [0.05, 0.1) is 12.3 Å². The number of hydrogen-bond donors (Lipinski definition) is 1. The molecule has 2 heterocycles. The molecule has 1 atom stereocenters. The molecule has 2 rings (SSSR count). The van der Waals surface area contributed by atoms with Gasteiger partial charge in [0.15, 0.2) is 0 Å². The molecule has 1 aliphatic rings. The van der Waals surface area contributed by atoms with E-state index in [-0.39, 0.29) is 12.1 Å². The average molecular weight is 222 g/mol. The van der Waals surface area contributed by atoms with E-state index >= 15 is 0 Å². The summed E-state index contributed by atoms with van der Waals surface area (Å²) in [5, 5.41) is 2.91. The molecule has 4 nitrogen and oxygen atoms in total. The standard InChI is InChI=1S/C12H18N2O2/c1-2-7-13-12(15)14-8-3-5-10(14)11-6-4-9-16-11/h4,6,9-10H,2-3,5,7-8H2,1H3,(H,13,15)/t10-/m1/s1. The van der Waals surface area contributed by atoms with Gasteiger partial charge in [0.2, 0.25) is 0 Å². The Bertz CT molecular complexity index is 335. The van der Waals surface area contributed by atoms with Crippen molar-refractivity contribution in [3.63, 3.8) is 0 Å². The third-order valence-electron chi connectivity index (χ3n) is 2.91. The fourth-order valence-corrected chi connectivity index (χ4v) is 2.12. The van der Waals surface area contributed by atoms with Crippen LogP contribution in [0.25, 0.3) is 0 Å². The fourth-order valence-electron chi connectivity index (χ4n) is 2.12. The summed E-state index contributed by atoms with van der Waals surface area (Å²) in [4.78, 5) is 13.8. The van der Waals surface area contributed by atoms with E-state index in [4.69, 9.17) is 4.42 Å². The molecule has 16 heavy (non-hydrogen) atoms. The zero-order chi connectivity index (χ0) is 11.4. The summed E-state index contributed by atoms with van der Waals surface area (Å²) in [5.41, 5.74) is 0. The molecule has 4 heteroatoms. The number of rotatable bonds is 3. The zero-order valence-corrected chi connectivity index (χ0v) is 9.61. The second-order valence-electron chi connectivity index (χ2n) is 4.10. The van der Waals surface area contributed by atoms with Crippen LogP contribution in [0.4, 0.5) is 4.79 Å². The molecule has 1 aliphatic heterocycles. The predicted octanol–water partition coefficient (Wildman–Crippen LogP) is 2.54. The number of nitrogens with zero attached hydrogens (tertiary/aromatic N) is 1. The van der Waals surface area contributed by atoms with E-state index in [0.717, 1.165) is 38.1 Å². The minimum absolute atomic E-state index is 0.0285. The van der Waals surface area contributed by atoms with E-state index in [1.165, 1.54) is 0 Å². The van der Waals surface area contributed by atoms with E-state index in [2.05, 4.69) is 5.32 Å². The average Bonchev–Trinajstić information content (AvgIpc) is 2.94. The highest BCUT2D eigenvalue weighted by Crippen LogP contribution is 2.31. The quantitative estimate of drug-likeness (QED) is 0.854. The van der Waals surface area contributed by atoms with Crippen LogP contribution in [0.3, 0.4) is 0 Å². The third kappa shape index (κ3) is 2.21. The van der Waals surface area contributed by atoms with Crippen LogP contribution in [0.1, 0.15) is 38.0 Å². The van der Waals surface area contributed by atoms with Crippen LogP contribution in [0.2, 0.25) is 0 Å². The summed E-state index contributed by atoms with van der Waals surface area (Å²) in [7, 11) is 0. The van der Waals surface area contributed by atoms with Crippen LogP contribution in [0.15, 0.2) is 22.8 Å². The lowest BCUT2D eigenvalue weighted by atomic mass is 10.2. The summed E-state index contributed by atoms with van der Waals surface area (Å²) >= 11 is 0. The number of carbonyl (C=O) groups is 1. The summed E-state index contributed by atoms with van der Waals surface area (Å²) in [6.45, 7) is 3.61. The molecule has 1 saturated heterocycles. The van der Waals surface area contributed by atoms with Gasteiger partial charge in [-0.05, 0) is 31.4 Å². The van der Waals surface area contributed by atoms with Crippen molar-refractivity contribution in [3.8, 4) is 0 Å². The van der Waals surface area contributed by atoms with Crippen molar-refractivity contribution in [3.05, 3.63) is 24.2 Å². The minimum Gasteiger partial charge on any atom is -0.467 e. The van der Waals surface area contributed by atoms with E-state index in [1.807, 2.05) is 24.0 Å². The fraction of sp³-hybridized carbons (Fsp3) is 0.583. The second kappa shape index (κ2) is 5.05. The molecule has 0 saturated carbocycles. The first-order valence-electron chi connectivity index (χ1n) is 5.90. The number of amides is 2. The Kier molecular flexibility index (Phi) is 3.49. The van der Waals surface area contributed by atoms with Crippen LogP contribution in [0, 0.1) is 0 Å². The molecule has 1 N–H and O–H groups in total. The lowest BCUT2D eigenvalue weighted by molar-refractivity contribution is 0.186. The number of likely N-dealkylation sites (tertiary alicyclic amines) is 1. The number of urea groups is 1. The maximum absolute atomic E-state index is 11.9. The molecule has 0 unspecified atom stereocenters. The van der Waals surface area contributed by atoms with Gasteiger partial charge in [-0.3, -0.25) is 0 Å². The van der Waals surface area contributed by atoms with E-state index in [0.29, 0.717) is 0 Å². The van der Waals surface area contributed by atoms with Crippen molar-refractivity contribution in [1.82, 2.24) is 10.2 Å². The molecular weight excluding hydrogens is 204 g/mol. The Hall–Kier alpha value is -1.45. The molecule has 0 aromatic carbocycles. The third-order valence-corrected chi connectivity index (χ3v) is 2.91. The topological polar surface area (TPSA) is 45.5 Å². The normalized spacial score (nSPS) is 20.1. The van der Waals surface area contributed by atoms with Crippen molar-refractivity contribution in [1.29, 1.82) is 0 Å². The highest BCUT2D eigenvalue weighted by Gasteiger charge is 2.31. The van der Waals surface area contributed by atoms with Gasteiger partial charge >= 0.3 is 6.03 Å². The van der Waals surface area contributed by atoms with Gasteiger partial charge < -0.3 is 14.6 Å². The van der Waals surface area contributed by atoms with Crippen molar-refractivity contribution in [2.45, 2.75) is 32.2 Å². The highest BCUT2D eigenvalue weighted by atomic mass is 16.3. The first-order valence-corrected chi connectivity index (χ1v) is 5.90. The number of hydrogen-bond acceptors (Lipinski definition) is 2. The second-order valence-corrected chi connectivity index (χ2v) is 4.10. The Balaban J connectivity index is 2.01. The first-order chi connectivity index (χ1) is 7.83. The van der Waals surface area contributed by atoms with Gasteiger partial charge in [-0.15, -0.1) is 0 Å². The van der Waals surface area contributed by atoms with Gasteiger partial charge in [-0.25, -0.2) is 4.79 Å². The van der Waals surface area contributed by atoms with E-state index < -0.39 is 0 Å². The summed E-state index contributed by atoms with van der Waals surface area (Å²) in [6, 6.07) is 3.96. The van der Waals surface area contributed by atoms with Gasteiger partial charge in [-0.2, -0.15) is 0 Å². The first kappa shape index (κ1) is 11.0. The summed E-state index contributed by atoms with van der Waals surface area (Å²) in [5.74, 6) is 0.893. The smallest absolute Gasteiger partial charge is 0.318 e. The lowest BCUT2D eigenvalue weighted by Gasteiger charge is -2.23. The molecule has 1 aromatic heterocycles. The molecule has 1 fully saturated rings.